The highest BCUT2D eigenvalue weighted by atomic mass is 16.5. The number of ether oxygens (including phenoxy) is 1. The van der Waals surface area contributed by atoms with E-state index < -0.39 is 0 Å². The van der Waals surface area contributed by atoms with Crippen LogP contribution in [0.2, 0.25) is 0 Å². The Morgan fingerprint density at radius 3 is 2.72 bits per heavy atom. The Bertz CT molecular complexity index is 281. The minimum atomic E-state index is -0.0428. The zero-order valence-corrected chi connectivity index (χ0v) is 11.8. The van der Waals surface area contributed by atoms with E-state index in [0.29, 0.717) is 0 Å². The van der Waals surface area contributed by atoms with Crippen LogP contribution in [0.3, 0.4) is 0 Å². The summed E-state index contributed by atoms with van der Waals surface area (Å²) in [5.74, 6) is 1.80. The third kappa shape index (κ3) is 3.87. The van der Waals surface area contributed by atoms with E-state index >= 15 is 0 Å². The van der Waals surface area contributed by atoms with E-state index in [1.807, 2.05) is 0 Å². The van der Waals surface area contributed by atoms with Gasteiger partial charge in [-0.2, -0.15) is 0 Å². The molecule has 1 unspecified atom stereocenters. The van der Waals surface area contributed by atoms with Crippen LogP contribution in [0.15, 0.2) is 4.99 Å². The van der Waals surface area contributed by atoms with Crippen molar-refractivity contribution in [1.29, 1.82) is 0 Å². The number of nitrogens with one attached hydrogen (secondary N) is 2. The molecule has 1 atom stereocenters. The fraction of sp³-hybridized carbons (Fsp3) is 0.929. The Hall–Kier alpha value is -0.770. The molecule has 0 aromatic carbocycles. The lowest BCUT2D eigenvalue weighted by molar-refractivity contribution is 0.0283. The van der Waals surface area contributed by atoms with E-state index in [1.165, 1.54) is 19.3 Å². The second kappa shape index (κ2) is 6.41. The van der Waals surface area contributed by atoms with Crippen LogP contribution in [0.4, 0.5) is 0 Å². The Labute approximate surface area is 111 Å². The van der Waals surface area contributed by atoms with E-state index in [1.54, 1.807) is 0 Å². The molecule has 1 aliphatic heterocycles. The van der Waals surface area contributed by atoms with Gasteiger partial charge in [-0.1, -0.05) is 6.42 Å². The lowest BCUT2D eigenvalue weighted by atomic mass is 9.85. The van der Waals surface area contributed by atoms with Crippen molar-refractivity contribution in [2.24, 2.45) is 10.9 Å². The third-order valence-corrected chi connectivity index (χ3v) is 4.00. The van der Waals surface area contributed by atoms with E-state index in [9.17, 15) is 0 Å². The molecule has 0 aromatic heterocycles. The standard InChI is InChI=1S/C14H27N3O/c1-3-15-13(16-10-12-6-4-7-12)17-11-14(2)8-5-9-18-14/h12H,3-11H2,1-2H3,(H2,15,16,17). The summed E-state index contributed by atoms with van der Waals surface area (Å²) >= 11 is 0. The first kappa shape index (κ1) is 13.7. The summed E-state index contributed by atoms with van der Waals surface area (Å²) in [5, 5.41) is 6.76. The quantitative estimate of drug-likeness (QED) is 0.581. The van der Waals surface area contributed by atoms with Gasteiger partial charge in [0.1, 0.15) is 0 Å². The predicted octanol–water partition coefficient (Wildman–Crippen LogP) is 1.91. The van der Waals surface area contributed by atoms with Gasteiger partial charge in [-0.05, 0) is 45.4 Å². The normalized spacial score (nSPS) is 29.1. The highest BCUT2D eigenvalue weighted by Crippen LogP contribution is 2.26. The van der Waals surface area contributed by atoms with Crippen molar-refractivity contribution in [3.63, 3.8) is 0 Å². The van der Waals surface area contributed by atoms with Crippen molar-refractivity contribution in [2.75, 3.05) is 26.2 Å². The summed E-state index contributed by atoms with van der Waals surface area (Å²) in [4.78, 5) is 4.67. The van der Waals surface area contributed by atoms with Crippen molar-refractivity contribution in [3.8, 4) is 0 Å². The van der Waals surface area contributed by atoms with Gasteiger partial charge < -0.3 is 15.4 Å². The first-order chi connectivity index (χ1) is 8.72. The van der Waals surface area contributed by atoms with E-state index in [2.05, 4.69) is 29.5 Å². The minimum absolute atomic E-state index is 0.0428. The topological polar surface area (TPSA) is 45.7 Å². The summed E-state index contributed by atoms with van der Waals surface area (Å²) in [6, 6.07) is 0. The molecule has 0 radical (unpaired) electrons. The van der Waals surface area contributed by atoms with Crippen LogP contribution in [0, 0.1) is 5.92 Å². The molecule has 104 valence electrons. The van der Waals surface area contributed by atoms with E-state index in [4.69, 9.17) is 4.74 Å². The number of hydrogen-bond acceptors (Lipinski definition) is 2. The maximum atomic E-state index is 5.76. The van der Waals surface area contributed by atoms with Gasteiger partial charge in [-0.25, -0.2) is 0 Å². The van der Waals surface area contributed by atoms with Gasteiger partial charge in [0, 0.05) is 19.7 Å². The monoisotopic (exact) mass is 253 g/mol. The first-order valence-corrected chi connectivity index (χ1v) is 7.38. The SMILES string of the molecule is CCNC(=NCC1(C)CCCO1)NCC1CCC1. The van der Waals surface area contributed by atoms with Crippen LogP contribution in [-0.2, 0) is 4.74 Å². The molecule has 2 N–H and O–H groups in total. The fourth-order valence-electron chi connectivity index (χ4n) is 2.49. The summed E-state index contributed by atoms with van der Waals surface area (Å²) < 4.78 is 5.76. The van der Waals surface area contributed by atoms with Crippen molar-refractivity contribution in [1.82, 2.24) is 10.6 Å². The molecule has 0 amide bonds. The predicted molar refractivity (Wildman–Crippen MR) is 74.9 cm³/mol. The van der Waals surface area contributed by atoms with Crippen molar-refractivity contribution >= 4 is 5.96 Å². The van der Waals surface area contributed by atoms with Crippen molar-refractivity contribution < 1.29 is 4.74 Å². The highest BCUT2D eigenvalue weighted by molar-refractivity contribution is 5.79. The molecule has 0 bridgehead atoms. The van der Waals surface area contributed by atoms with E-state index in [0.717, 1.165) is 51.0 Å². The molecule has 0 spiro atoms. The Morgan fingerprint density at radius 2 is 2.17 bits per heavy atom. The maximum absolute atomic E-state index is 5.76. The number of nitrogens with zero attached hydrogens (tertiary/aromatic N) is 1. The van der Waals surface area contributed by atoms with Crippen LogP contribution >= 0.6 is 0 Å². The van der Waals surface area contributed by atoms with Crippen LogP contribution in [-0.4, -0.2) is 37.8 Å². The lowest BCUT2D eigenvalue weighted by Crippen LogP contribution is -2.42. The van der Waals surface area contributed by atoms with Crippen molar-refractivity contribution in [3.05, 3.63) is 0 Å². The first-order valence-electron chi connectivity index (χ1n) is 7.38. The molecule has 1 saturated heterocycles. The van der Waals surface area contributed by atoms with Crippen molar-refractivity contribution in [2.45, 2.75) is 51.6 Å². The molecule has 4 nitrogen and oxygen atoms in total. The Balaban J connectivity index is 1.78. The Kier molecular flexibility index (Phi) is 4.87. The number of rotatable bonds is 5. The number of hydrogen-bond donors (Lipinski definition) is 2. The van der Waals surface area contributed by atoms with Crippen LogP contribution in [0.5, 0.6) is 0 Å². The van der Waals surface area contributed by atoms with Gasteiger partial charge in [-0.3, -0.25) is 4.99 Å². The van der Waals surface area contributed by atoms with Crippen LogP contribution < -0.4 is 10.6 Å². The summed E-state index contributed by atoms with van der Waals surface area (Å²) in [5.41, 5.74) is -0.0428. The summed E-state index contributed by atoms with van der Waals surface area (Å²) in [6.07, 6.45) is 6.42. The average Bonchev–Trinajstić information content (AvgIpc) is 2.71. The largest absolute Gasteiger partial charge is 0.373 e. The van der Waals surface area contributed by atoms with Crippen LogP contribution in [0.1, 0.15) is 46.0 Å². The number of guanidine groups is 1. The van der Waals surface area contributed by atoms with Gasteiger partial charge in [0.15, 0.2) is 5.96 Å². The van der Waals surface area contributed by atoms with Crippen LogP contribution in [0.25, 0.3) is 0 Å². The second-order valence-corrected chi connectivity index (χ2v) is 5.77. The molecule has 4 heteroatoms. The summed E-state index contributed by atoms with van der Waals surface area (Å²) in [6.45, 7) is 7.88. The molecule has 2 rings (SSSR count). The third-order valence-electron chi connectivity index (χ3n) is 4.00. The maximum Gasteiger partial charge on any atom is 0.191 e. The smallest absolute Gasteiger partial charge is 0.191 e. The van der Waals surface area contributed by atoms with Gasteiger partial charge in [0.2, 0.25) is 0 Å². The Morgan fingerprint density at radius 1 is 1.33 bits per heavy atom. The highest BCUT2D eigenvalue weighted by Gasteiger charge is 2.29. The average molecular weight is 253 g/mol. The zero-order chi connectivity index (χ0) is 12.8. The molecule has 1 saturated carbocycles. The fourth-order valence-corrected chi connectivity index (χ4v) is 2.49. The number of aliphatic imine (C=N–C) groups is 1. The van der Waals surface area contributed by atoms with Gasteiger partial charge in [0.05, 0.1) is 12.1 Å². The van der Waals surface area contributed by atoms with E-state index in [-0.39, 0.29) is 5.60 Å². The summed E-state index contributed by atoms with van der Waals surface area (Å²) in [7, 11) is 0. The zero-order valence-electron chi connectivity index (χ0n) is 11.8. The lowest BCUT2D eigenvalue weighted by Gasteiger charge is -2.27. The molecule has 2 aliphatic rings. The molecule has 1 aliphatic carbocycles. The molecular weight excluding hydrogens is 226 g/mol. The molecule has 18 heavy (non-hydrogen) atoms. The minimum Gasteiger partial charge on any atom is -0.373 e. The van der Waals surface area contributed by atoms with Gasteiger partial charge in [-0.15, -0.1) is 0 Å². The molecule has 2 fully saturated rings. The van der Waals surface area contributed by atoms with Gasteiger partial charge >= 0.3 is 0 Å². The molecule has 0 aromatic rings. The van der Waals surface area contributed by atoms with Gasteiger partial charge in [0.25, 0.3) is 0 Å². The molecular formula is C14H27N3O. The molecule has 1 heterocycles. The second-order valence-electron chi connectivity index (χ2n) is 5.77.